The van der Waals surface area contributed by atoms with Crippen LogP contribution in [-0.2, 0) is 61.8 Å². The van der Waals surface area contributed by atoms with Gasteiger partial charge in [0.25, 0.3) is 0 Å². The van der Waals surface area contributed by atoms with E-state index >= 15 is 0 Å². The lowest BCUT2D eigenvalue weighted by Crippen LogP contribution is -2.49. The first-order chi connectivity index (χ1) is 33.7. The van der Waals surface area contributed by atoms with Crippen LogP contribution in [0.15, 0.2) is 18.9 Å². The number of aromatic nitrogens is 7. The van der Waals surface area contributed by atoms with Gasteiger partial charge in [0.1, 0.15) is 66.7 Å². The molecule has 24 nitrogen and oxygen atoms in total. The van der Waals surface area contributed by atoms with E-state index in [1.165, 1.54) is 12.7 Å². The number of carbonyl (C=O) groups is 1. The zero-order chi connectivity index (χ0) is 52.2. The van der Waals surface area contributed by atoms with Crippen molar-refractivity contribution in [2.24, 2.45) is 5.73 Å². The third kappa shape index (κ3) is 11.9. The molecule has 0 aromatic carbocycles. The van der Waals surface area contributed by atoms with Gasteiger partial charge >= 0.3 is 13.6 Å². The van der Waals surface area contributed by atoms with Crippen LogP contribution in [0.2, 0.25) is 36.3 Å². The maximum Gasteiger partial charge on any atom is 0.386 e. The van der Waals surface area contributed by atoms with E-state index in [4.69, 9.17) is 62.9 Å². The molecule has 30 heteroatoms. The van der Waals surface area contributed by atoms with Crippen molar-refractivity contribution in [2.75, 3.05) is 68.8 Å². The number of anilines is 3. The van der Waals surface area contributed by atoms with Crippen LogP contribution < -0.4 is 27.4 Å². The maximum absolute atomic E-state index is 14.9. The van der Waals surface area contributed by atoms with Gasteiger partial charge < -0.3 is 55.4 Å². The predicted octanol–water partition coefficient (Wildman–Crippen LogP) is 6.18. The van der Waals surface area contributed by atoms with Crippen LogP contribution in [0.3, 0.4) is 0 Å². The molecular weight excluding hydrogens is 1050 g/mol. The molecule has 2 bridgehead atoms. The summed E-state index contributed by atoms with van der Waals surface area (Å²) in [4.78, 5) is 34.4. The normalized spacial score (nSPS) is 29.7. The number of ether oxygens (including phenoxy) is 4. The third-order valence-corrected chi connectivity index (χ3v) is 27.1. The molecule has 7 N–H and O–H groups in total. The first-order valence-electron chi connectivity index (χ1n) is 24.0. The number of nitrogens with two attached hydrogens (primary N) is 2. The molecule has 4 aromatic rings. The second-order valence-corrected chi connectivity index (χ2v) is 37.7. The Labute approximate surface area is 431 Å². The lowest BCUT2D eigenvalue weighted by molar-refractivity contribution is -0.121. The van der Waals surface area contributed by atoms with E-state index in [1.54, 1.807) is 4.57 Å². The van der Waals surface area contributed by atoms with Crippen molar-refractivity contribution >= 4 is 100 Å². The van der Waals surface area contributed by atoms with E-state index in [0.717, 1.165) is 30.3 Å². The number of fused-ring (bicyclic) bond motifs is 4. The van der Waals surface area contributed by atoms with Gasteiger partial charge in [-0.1, -0.05) is 79.1 Å². The molecule has 8 rings (SSSR count). The molecule has 10 atom stereocenters. The minimum Gasteiger partial charge on any atom is -0.407 e. The van der Waals surface area contributed by atoms with E-state index in [9.17, 15) is 13.9 Å². The molecule has 8 heterocycles. The van der Waals surface area contributed by atoms with Gasteiger partial charge in [-0.15, -0.1) is 0 Å². The predicted molar refractivity (Wildman–Crippen MR) is 282 cm³/mol. The standard InChI is InChI=1S/C42H70N12O12P2S2Si2/c1-41(2,3)71(7,8)23-59-30-25-18-60-67(56,69)64-31-26(63-39(33(31)66-72(9,10)42(4,5)6)53-17-24-12-11-13-45-35-28(24)36(53)48-20-47-35)19-61-68(57,70)65-32(30)38(62-25)54-21-49-29-34(44)51-40(52-37(29)54)46-14-15-58-22-50-27(55)16-43/h17,20-21,25-26,30-33,38-39H,11-16,18-19,22-23,43H2,1-10H3,(H,50,55)(H,56,69)(H,57,70)(H,45,47,48)(H3,44,46,51,52)/t25-,26-,30-,31-,32-,33-,38-,39-,67?,68?/m1/s1. The number of nitrogen functional groups attached to an aromatic ring is 1. The summed E-state index contributed by atoms with van der Waals surface area (Å²) in [5.74, 6) is 0.539. The first kappa shape index (κ1) is 55.5. The highest BCUT2D eigenvalue weighted by molar-refractivity contribution is 8.44. The van der Waals surface area contributed by atoms with Crippen LogP contribution >= 0.6 is 38.1 Å². The number of hydrogen-bond acceptors (Lipinski definition) is 21. The van der Waals surface area contributed by atoms with Gasteiger partial charge in [-0.25, -0.2) is 24.1 Å². The number of thiol groups is 2. The topological polar surface area (TPSA) is 297 Å². The summed E-state index contributed by atoms with van der Waals surface area (Å²) < 4.78 is 91.9. The van der Waals surface area contributed by atoms with Crippen molar-refractivity contribution in [3.8, 4) is 0 Å². The van der Waals surface area contributed by atoms with Crippen LogP contribution in [-0.4, -0.2) is 145 Å². The van der Waals surface area contributed by atoms with Gasteiger partial charge in [0.2, 0.25) is 11.9 Å². The minimum atomic E-state index is -4.42. The number of aryl methyl sites for hydroxylation is 1. The second-order valence-electron chi connectivity index (χ2n) is 21.6. The number of carbonyl (C=O) groups excluding carboxylic acids is 1. The average molecular weight is 1120 g/mol. The van der Waals surface area contributed by atoms with Gasteiger partial charge in [-0.2, -0.15) is 9.97 Å². The summed E-state index contributed by atoms with van der Waals surface area (Å²) in [7, 11) is -4.86. The lowest BCUT2D eigenvalue weighted by atomic mass is 10.1. The number of rotatable bonds is 14. The van der Waals surface area contributed by atoms with Gasteiger partial charge in [-0.3, -0.25) is 27.5 Å². The van der Waals surface area contributed by atoms with Crippen molar-refractivity contribution in [3.05, 3.63) is 24.4 Å². The molecule has 0 spiro atoms. The zero-order valence-corrected chi connectivity index (χ0v) is 48.0. The van der Waals surface area contributed by atoms with Crippen molar-refractivity contribution < 1.29 is 55.4 Å². The Balaban J connectivity index is 1.15. The number of hydrogen-bond donors (Lipinski definition) is 7. The summed E-state index contributed by atoms with van der Waals surface area (Å²) in [6.45, 7) is 12.8. The molecule has 4 aliphatic rings. The summed E-state index contributed by atoms with van der Waals surface area (Å²) in [6, 6.07) is 0. The second kappa shape index (κ2) is 21.3. The Bertz CT molecular complexity index is 2710. The van der Waals surface area contributed by atoms with E-state index in [2.05, 4.69) is 123 Å². The number of nitrogens with zero attached hydrogens (tertiary/aromatic N) is 7. The molecule has 72 heavy (non-hydrogen) atoms. The summed E-state index contributed by atoms with van der Waals surface area (Å²) in [5, 5.41) is 9.50. The van der Waals surface area contributed by atoms with Gasteiger partial charge in [0.15, 0.2) is 32.2 Å². The van der Waals surface area contributed by atoms with E-state index in [1.807, 2.05) is 10.8 Å². The van der Waals surface area contributed by atoms with Crippen molar-refractivity contribution in [1.82, 2.24) is 39.4 Å². The first-order valence-corrected chi connectivity index (χ1v) is 35.5. The van der Waals surface area contributed by atoms with Crippen LogP contribution in [0.25, 0.3) is 22.2 Å². The van der Waals surface area contributed by atoms with Gasteiger partial charge in [0.05, 0.1) is 46.2 Å². The largest absolute Gasteiger partial charge is 0.407 e. The molecular formula is C42H70N12O12P2S2Si2. The van der Waals surface area contributed by atoms with E-state index in [0.29, 0.717) is 17.7 Å². The SMILES string of the molecule is CC(C)(C)[Si](C)(C)CO[C@H]1[C@H]2OP(=O)(S)OC[C@H]3O[C@@H](n4cc5c6c(ncnc64)NCCC5)[C@H](O[Si](C)(C)C(C)(C)C)[C@@H]3OP(=O)(S)OC[C@H]1O[C@H]2n1cnc2c(N)nc(NCCOCNC(=O)CN)nc21. The highest BCUT2D eigenvalue weighted by Gasteiger charge is 2.57. The van der Waals surface area contributed by atoms with Gasteiger partial charge in [0, 0.05) is 25.5 Å². The van der Waals surface area contributed by atoms with Crippen LogP contribution in [0.4, 0.5) is 17.6 Å². The molecule has 0 aliphatic carbocycles. The highest BCUT2D eigenvalue weighted by Crippen LogP contribution is 2.61. The molecule has 0 radical (unpaired) electrons. The Morgan fingerprint density at radius 2 is 1.61 bits per heavy atom. The molecule has 4 aromatic heterocycles. The smallest absolute Gasteiger partial charge is 0.386 e. The molecule has 3 saturated heterocycles. The lowest BCUT2D eigenvalue weighted by Gasteiger charge is -2.41. The maximum atomic E-state index is 14.9. The molecule has 0 saturated carbocycles. The molecule has 2 unspecified atom stereocenters. The molecule has 3 fully saturated rings. The Morgan fingerprint density at radius 1 is 0.917 bits per heavy atom. The summed E-state index contributed by atoms with van der Waals surface area (Å²) in [5.41, 5.74) is 13.9. The van der Waals surface area contributed by atoms with Crippen molar-refractivity contribution in [3.63, 3.8) is 0 Å². The molecule has 400 valence electrons. The van der Waals surface area contributed by atoms with Crippen LogP contribution in [0.5, 0.6) is 0 Å². The number of amides is 1. The van der Waals surface area contributed by atoms with Gasteiger partial charge in [-0.05, 0) is 41.6 Å². The third-order valence-electron chi connectivity index (χ3n) is 14.5. The fourth-order valence-electron chi connectivity index (χ4n) is 8.32. The zero-order valence-electron chi connectivity index (χ0n) is 42.4. The fourth-order valence-corrected chi connectivity index (χ4v) is 13.6. The monoisotopic (exact) mass is 1120 g/mol. The van der Waals surface area contributed by atoms with E-state index < -0.39 is 85.7 Å². The average Bonchev–Trinajstić information content (AvgIpc) is 4.01. The van der Waals surface area contributed by atoms with Crippen molar-refractivity contribution in [1.29, 1.82) is 0 Å². The summed E-state index contributed by atoms with van der Waals surface area (Å²) >= 11 is 9.18. The Hall–Kier alpha value is -2.77. The van der Waals surface area contributed by atoms with Crippen LogP contribution in [0.1, 0.15) is 66.0 Å². The molecule has 4 aliphatic heterocycles. The van der Waals surface area contributed by atoms with E-state index in [-0.39, 0.29) is 71.9 Å². The number of imidazole rings is 1. The quantitative estimate of drug-likeness (QED) is 0.0244. The minimum absolute atomic E-state index is 0.0362. The molecule has 1 amide bonds. The fraction of sp³-hybridized carbons (Fsp3) is 0.714. The Kier molecular flexibility index (Phi) is 16.4. The highest BCUT2D eigenvalue weighted by atomic mass is 32.7. The summed E-state index contributed by atoms with van der Waals surface area (Å²) in [6.07, 6.45) is -1.66. The van der Waals surface area contributed by atoms with Crippen LogP contribution in [0, 0.1) is 0 Å². The van der Waals surface area contributed by atoms with Crippen molar-refractivity contribution in [2.45, 2.75) is 140 Å². The number of nitrogens with one attached hydrogen (secondary N) is 3. The Morgan fingerprint density at radius 3 is 2.31 bits per heavy atom.